The molecule has 2 rings (SSSR count). The third-order valence-electron chi connectivity index (χ3n) is 2.91. The van der Waals surface area contributed by atoms with Crippen molar-refractivity contribution in [3.8, 4) is 0 Å². The van der Waals surface area contributed by atoms with Gasteiger partial charge in [-0.05, 0) is 43.3 Å². The van der Waals surface area contributed by atoms with Crippen LogP contribution in [0.5, 0.6) is 0 Å². The monoisotopic (exact) mass is 270 g/mol. The molecule has 20 heavy (non-hydrogen) atoms. The normalized spacial score (nSPS) is 11.7. The van der Waals surface area contributed by atoms with Gasteiger partial charge in [-0.2, -0.15) is 0 Å². The van der Waals surface area contributed by atoms with Crippen LogP contribution in [0.4, 0.5) is 5.69 Å². The van der Waals surface area contributed by atoms with Gasteiger partial charge < -0.3 is 15.1 Å². The Morgan fingerprint density at radius 2 is 2.10 bits per heavy atom. The van der Waals surface area contributed by atoms with E-state index in [4.69, 9.17) is 4.42 Å². The molecule has 1 heterocycles. The number of hydrogen-bond donors (Lipinski definition) is 2. The molecule has 0 aliphatic rings. The summed E-state index contributed by atoms with van der Waals surface area (Å²) < 4.78 is 5.34. The highest BCUT2D eigenvalue weighted by atomic mass is 16.3. The standard InChI is InChI=1S/C16H18N2O2/c1-3-10-17-16(19)13-6-8-14(9-7-13)18-12(2)15-5-4-11-20-15/h3-9,11-12,18H,1,10H2,2H3,(H,17,19). The number of anilines is 1. The zero-order valence-corrected chi connectivity index (χ0v) is 11.4. The summed E-state index contributed by atoms with van der Waals surface area (Å²) in [7, 11) is 0. The molecule has 0 radical (unpaired) electrons. The van der Waals surface area contributed by atoms with Crippen molar-refractivity contribution in [2.24, 2.45) is 0 Å². The van der Waals surface area contributed by atoms with Crippen molar-refractivity contribution in [1.82, 2.24) is 5.32 Å². The maximum absolute atomic E-state index is 11.7. The van der Waals surface area contributed by atoms with Gasteiger partial charge in [0.05, 0.1) is 12.3 Å². The Morgan fingerprint density at radius 1 is 1.35 bits per heavy atom. The zero-order chi connectivity index (χ0) is 14.4. The van der Waals surface area contributed by atoms with Gasteiger partial charge in [0.1, 0.15) is 5.76 Å². The Labute approximate surface area is 118 Å². The average Bonchev–Trinajstić information content (AvgIpc) is 3.00. The lowest BCUT2D eigenvalue weighted by Crippen LogP contribution is -2.23. The van der Waals surface area contributed by atoms with Gasteiger partial charge in [-0.15, -0.1) is 6.58 Å². The van der Waals surface area contributed by atoms with E-state index in [1.54, 1.807) is 24.5 Å². The predicted molar refractivity (Wildman–Crippen MR) is 79.7 cm³/mol. The molecular weight excluding hydrogens is 252 g/mol. The van der Waals surface area contributed by atoms with Crippen molar-refractivity contribution in [3.05, 3.63) is 66.6 Å². The molecule has 0 fully saturated rings. The van der Waals surface area contributed by atoms with E-state index >= 15 is 0 Å². The van der Waals surface area contributed by atoms with Gasteiger partial charge in [0.2, 0.25) is 0 Å². The van der Waals surface area contributed by atoms with Crippen molar-refractivity contribution in [3.63, 3.8) is 0 Å². The zero-order valence-electron chi connectivity index (χ0n) is 11.4. The van der Waals surface area contributed by atoms with Gasteiger partial charge in [0.25, 0.3) is 5.91 Å². The van der Waals surface area contributed by atoms with Crippen LogP contribution in [0.15, 0.2) is 59.7 Å². The average molecular weight is 270 g/mol. The van der Waals surface area contributed by atoms with E-state index in [9.17, 15) is 4.79 Å². The summed E-state index contributed by atoms with van der Waals surface area (Å²) in [5, 5.41) is 6.05. The van der Waals surface area contributed by atoms with Crippen LogP contribution < -0.4 is 10.6 Å². The summed E-state index contributed by atoms with van der Waals surface area (Å²) in [6.45, 7) is 6.05. The summed E-state index contributed by atoms with van der Waals surface area (Å²) in [5.41, 5.74) is 1.57. The minimum absolute atomic E-state index is 0.0745. The van der Waals surface area contributed by atoms with Crippen LogP contribution in [0.25, 0.3) is 0 Å². The summed E-state index contributed by atoms with van der Waals surface area (Å²) in [4.78, 5) is 11.7. The first-order valence-corrected chi connectivity index (χ1v) is 6.50. The second-order valence-electron chi connectivity index (χ2n) is 4.46. The van der Waals surface area contributed by atoms with Crippen molar-refractivity contribution in [1.29, 1.82) is 0 Å². The summed E-state index contributed by atoms with van der Waals surface area (Å²) in [6.07, 6.45) is 3.30. The Hall–Kier alpha value is -2.49. The van der Waals surface area contributed by atoms with E-state index in [1.807, 2.05) is 31.2 Å². The van der Waals surface area contributed by atoms with Crippen LogP contribution >= 0.6 is 0 Å². The number of amides is 1. The summed E-state index contributed by atoms with van der Waals surface area (Å²) in [5.74, 6) is 0.772. The Bertz CT molecular complexity index is 559. The first kappa shape index (κ1) is 13.9. The minimum Gasteiger partial charge on any atom is -0.467 e. The van der Waals surface area contributed by atoms with Gasteiger partial charge >= 0.3 is 0 Å². The molecule has 4 heteroatoms. The number of carbonyl (C=O) groups is 1. The number of furan rings is 1. The molecule has 0 bridgehead atoms. The van der Waals surface area contributed by atoms with Crippen molar-refractivity contribution < 1.29 is 9.21 Å². The summed E-state index contributed by atoms with van der Waals surface area (Å²) in [6, 6.07) is 11.2. The third kappa shape index (κ3) is 3.51. The lowest BCUT2D eigenvalue weighted by molar-refractivity contribution is 0.0958. The van der Waals surface area contributed by atoms with Crippen LogP contribution in [-0.2, 0) is 0 Å². The number of hydrogen-bond acceptors (Lipinski definition) is 3. The fraction of sp³-hybridized carbons (Fsp3) is 0.188. The van der Waals surface area contributed by atoms with Gasteiger partial charge in [-0.1, -0.05) is 6.08 Å². The molecule has 0 saturated heterocycles. The highest BCUT2D eigenvalue weighted by Crippen LogP contribution is 2.19. The molecule has 104 valence electrons. The molecule has 1 aromatic heterocycles. The molecule has 0 aliphatic carbocycles. The van der Waals surface area contributed by atoms with Crippen LogP contribution in [0, 0.1) is 0 Å². The van der Waals surface area contributed by atoms with Crippen LogP contribution in [-0.4, -0.2) is 12.5 Å². The van der Waals surface area contributed by atoms with Gasteiger partial charge in [0.15, 0.2) is 0 Å². The number of rotatable bonds is 6. The van der Waals surface area contributed by atoms with Crippen molar-refractivity contribution in [2.45, 2.75) is 13.0 Å². The molecule has 1 atom stereocenters. The van der Waals surface area contributed by atoms with Gasteiger partial charge in [-0.3, -0.25) is 4.79 Å². The SMILES string of the molecule is C=CCNC(=O)c1ccc(NC(C)c2ccco2)cc1. The van der Waals surface area contributed by atoms with Crippen molar-refractivity contribution in [2.75, 3.05) is 11.9 Å². The van der Waals surface area contributed by atoms with E-state index in [2.05, 4.69) is 17.2 Å². The smallest absolute Gasteiger partial charge is 0.251 e. The maximum Gasteiger partial charge on any atom is 0.251 e. The number of benzene rings is 1. The molecule has 4 nitrogen and oxygen atoms in total. The fourth-order valence-electron chi connectivity index (χ4n) is 1.84. The van der Waals surface area contributed by atoms with E-state index in [0.717, 1.165) is 11.4 Å². The minimum atomic E-state index is -0.101. The topological polar surface area (TPSA) is 54.3 Å². The second-order valence-corrected chi connectivity index (χ2v) is 4.46. The van der Waals surface area contributed by atoms with E-state index in [-0.39, 0.29) is 11.9 Å². The number of nitrogens with one attached hydrogen (secondary N) is 2. The molecule has 0 aliphatic heterocycles. The molecule has 0 saturated carbocycles. The lowest BCUT2D eigenvalue weighted by Gasteiger charge is -2.13. The van der Waals surface area contributed by atoms with E-state index in [0.29, 0.717) is 12.1 Å². The molecule has 0 spiro atoms. The quantitative estimate of drug-likeness (QED) is 0.791. The first-order valence-electron chi connectivity index (χ1n) is 6.50. The molecule has 2 aromatic rings. The van der Waals surface area contributed by atoms with Crippen LogP contribution in [0.3, 0.4) is 0 Å². The van der Waals surface area contributed by atoms with E-state index < -0.39 is 0 Å². The molecule has 1 amide bonds. The second kappa shape index (κ2) is 6.61. The molecule has 2 N–H and O–H groups in total. The first-order chi connectivity index (χ1) is 9.70. The Kier molecular flexibility index (Phi) is 4.60. The largest absolute Gasteiger partial charge is 0.467 e. The fourth-order valence-corrected chi connectivity index (χ4v) is 1.84. The van der Waals surface area contributed by atoms with Crippen LogP contribution in [0.2, 0.25) is 0 Å². The molecule has 1 aromatic carbocycles. The maximum atomic E-state index is 11.7. The predicted octanol–water partition coefficient (Wildman–Crippen LogP) is 3.37. The molecular formula is C16H18N2O2. The van der Waals surface area contributed by atoms with E-state index in [1.165, 1.54) is 0 Å². The molecule has 1 unspecified atom stereocenters. The van der Waals surface area contributed by atoms with Gasteiger partial charge in [0, 0.05) is 17.8 Å². The third-order valence-corrected chi connectivity index (χ3v) is 2.91. The highest BCUT2D eigenvalue weighted by molar-refractivity contribution is 5.94. The Morgan fingerprint density at radius 3 is 2.70 bits per heavy atom. The Balaban J connectivity index is 1.97. The van der Waals surface area contributed by atoms with Crippen molar-refractivity contribution >= 4 is 11.6 Å². The highest BCUT2D eigenvalue weighted by Gasteiger charge is 2.08. The summed E-state index contributed by atoms with van der Waals surface area (Å²) >= 11 is 0. The van der Waals surface area contributed by atoms with Gasteiger partial charge in [-0.25, -0.2) is 0 Å². The number of carbonyl (C=O) groups excluding carboxylic acids is 1. The van der Waals surface area contributed by atoms with Crippen LogP contribution in [0.1, 0.15) is 29.1 Å². The lowest BCUT2D eigenvalue weighted by atomic mass is 10.1.